The fraction of sp³-hybridized carbons (Fsp3) is 0.467. The van der Waals surface area contributed by atoms with E-state index in [1.165, 1.54) is 34.7 Å². The SMILES string of the molecule is CC(=O)N(c1ccco1)C1C(=O)N2CC(COC(N)=O)(C(=O)O)CS[C@H]12. The summed E-state index contributed by atoms with van der Waals surface area (Å²) < 4.78 is 9.93. The zero-order valence-electron chi connectivity index (χ0n) is 13.8. The molecule has 0 aliphatic carbocycles. The quantitative estimate of drug-likeness (QED) is 0.681. The molecule has 0 spiro atoms. The standard InChI is InChI=1S/C15H17N3O7S/c1-8(19)18(9-3-2-4-24-9)10-11(20)17-5-15(13(21)22,6-25-14(16)23)7-26-12(10)17/h2-4,10,12H,5-7H2,1H3,(H2,16,23)(H,21,22)/t10?,12-,15?/m1/s1. The summed E-state index contributed by atoms with van der Waals surface area (Å²) in [7, 11) is 0. The normalized spacial score (nSPS) is 27.3. The number of β-lactam (4-membered cyclic amide) rings is 1. The molecule has 3 atom stereocenters. The fourth-order valence-electron chi connectivity index (χ4n) is 3.09. The van der Waals surface area contributed by atoms with Crippen molar-refractivity contribution in [3.05, 3.63) is 18.4 Å². The molecule has 3 rings (SSSR count). The van der Waals surface area contributed by atoms with Gasteiger partial charge in [0.05, 0.1) is 6.26 Å². The van der Waals surface area contributed by atoms with Gasteiger partial charge in [0, 0.05) is 25.3 Å². The maximum atomic E-state index is 12.6. The Hall–Kier alpha value is -2.69. The van der Waals surface area contributed by atoms with Crippen LogP contribution in [0.1, 0.15) is 6.92 Å². The van der Waals surface area contributed by atoms with Gasteiger partial charge < -0.3 is 24.9 Å². The summed E-state index contributed by atoms with van der Waals surface area (Å²) in [6, 6.07) is 2.41. The Kier molecular flexibility index (Phi) is 4.57. The number of amides is 3. The Morgan fingerprint density at radius 1 is 1.54 bits per heavy atom. The van der Waals surface area contributed by atoms with Gasteiger partial charge in [0.25, 0.3) is 0 Å². The third kappa shape index (κ3) is 2.87. The molecule has 2 aliphatic rings. The predicted molar refractivity (Wildman–Crippen MR) is 89.2 cm³/mol. The Balaban J connectivity index is 1.79. The monoisotopic (exact) mass is 383 g/mol. The highest BCUT2D eigenvalue weighted by Crippen LogP contribution is 2.45. The van der Waals surface area contributed by atoms with Crippen LogP contribution in [0.2, 0.25) is 0 Å². The number of aliphatic carboxylic acids is 1. The Morgan fingerprint density at radius 2 is 2.27 bits per heavy atom. The van der Waals surface area contributed by atoms with Gasteiger partial charge in [-0.3, -0.25) is 19.3 Å². The number of carbonyl (C=O) groups is 4. The molecule has 10 nitrogen and oxygen atoms in total. The highest BCUT2D eigenvalue weighted by molar-refractivity contribution is 8.00. The number of primary amides is 1. The largest absolute Gasteiger partial charge is 0.481 e. The van der Waals surface area contributed by atoms with Crippen molar-refractivity contribution in [3.8, 4) is 0 Å². The molecular formula is C15H17N3O7S. The van der Waals surface area contributed by atoms with Crippen LogP contribution >= 0.6 is 11.8 Å². The summed E-state index contributed by atoms with van der Waals surface area (Å²) in [6.45, 7) is 0.765. The lowest BCUT2D eigenvalue weighted by Gasteiger charge is -2.55. The van der Waals surface area contributed by atoms with E-state index in [-0.39, 0.29) is 24.1 Å². The van der Waals surface area contributed by atoms with Crippen LogP contribution in [0.5, 0.6) is 0 Å². The number of fused-ring (bicyclic) bond motifs is 1. The second-order valence-electron chi connectivity index (χ2n) is 6.15. The van der Waals surface area contributed by atoms with Crippen molar-refractivity contribution in [1.29, 1.82) is 0 Å². The van der Waals surface area contributed by atoms with Gasteiger partial charge in [-0.05, 0) is 6.07 Å². The van der Waals surface area contributed by atoms with Crippen molar-refractivity contribution < 1.29 is 33.4 Å². The number of ether oxygens (including phenoxy) is 1. The van der Waals surface area contributed by atoms with Crippen molar-refractivity contribution in [3.63, 3.8) is 0 Å². The Bertz CT molecular complexity index is 752. The number of furan rings is 1. The van der Waals surface area contributed by atoms with E-state index in [0.717, 1.165) is 0 Å². The molecular weight excluding hydrogens is 366 g/mol. The summed E-state index contributed by atoms with van der Waals surface area (Å²) in [4.78, 5) is 49.9. The van der Waals surface area contributed by atoms with Gasteiger partial charge in [-0.2, -0.15) is 0 Å². The van der Waals surface area contributed by atoms with Crippen LogP contribution in [0, 0.1) is 5.41 Å². The maximum Gasteiger partial charge on any atom is 0.404 e. The minimum Gasteiger partial charge on any atom is -0.481 e. The van der Waals surface area contributed by atoms with Crippen molar-refractivity contribution in [2.45, 2.75) is 18.3 Å². The van der Waals surface area contributed by atoms with Gasteiger partial charge in [0.2, 0.25) is 17.7 Å². The molecule has 2 fully saturated rings. The third-order valence-electron chi connectivity index (χ3n) is 4.42. The maximum absolute atomic E-state index is 12.6. The number of carboxylic acid groups (broad SMARTS) is 1. The Morgan fingerprint density at radius 3 is 2.81 bits per heavy atom. The van der Waals surface area contributed by atoms with Gasteiger partial charge in [-0.1, -0.05) is 0 Å². The van der Waals surface area contributed by atoms with Crippen LogP contribution in [0.3, 0.4) is 0 Å². The Labute approximate surface area is 152 Å². The van der Waals surface area contributed by atoms with E-state index in [1.807, 2.05) is 0 Å². The van der Waals surface area contributed by atoms with Gasteiger partial charge in [0.15, 0.2) is 0 Å². The van der Waals surface area contributed by atoms with Crippen LogP contribution in [0.25, 0.3) is 0 Å². The minimum atomic E-state index is -1.44. The third-order valence-corrected chi connectivity index (χ3v) is 6.00. The molecule has 26 heavy (non-hydrogen) atoms. The lowest BCUT2D eigenvalue weighted by molar-refractivity contribution is -0.159. The highest BCUT2D eigenvalue weighted by Gasteiger charge is 2.60. The number of nitrogens with zero attached hydrogens (tertiary/aromatic N) is 2. The number of anilines is 1. The molecule has 11 heteroatoms. The van der Waals surface area contributed by atoms with Crippen LogP contribution in [-0.2, 0) is 19.1 Å². The van der Waals surface area contributed by atoms with E-state index in [0.29, 0.717) is 0 Å². The van der Waals surface area contributed by atoms with Crippen molar-refractivity contribution >= 4 is 41.5 Å². The van der Waals surface area contributed by atoms with Gasteiger partial charge in [-0.15, -0.1) is 11.8 Å². The number of carbonyl (C=O) groups excluding carboxylic acids is 3. The number of hydrogen-bond donors (Lipinski definition) is 2. The molecule has 0 bridgehead atoms. The summed E-state index contributed by atoms with van der Waals surface area (Å²) >= 11 is 1.21. The molecule has 2 aliphatic heterocycles. The molecule has 1 aromatic heterocycles. The van der Waals surface area contributed by atoms with E-state index in [9.17, 15) is 24.3 Å². The number of nitrogens with two attached hydrogens (primary N) is 1. The van der Waals surface area contributed by atoms with Crippen LogP contribution in [-0.4, -0.2) is 64.2 Å². The molecule has 140 valence electrons. The molecule has 1 aromatic rings. The van der Waals surface area contributed by atoms with E-state index < -0.39 is 41.4 Å². The number of rotatable bonds is 5. The first-order chi connectivity index (χ1) is 12.3. The van der Waals surface area contributed by atoms with E-state index in [2.05, 4.69) is 4.74 Å². The first-order valence-corrected chi connectivity index (χ1v) is 8.73. The van der Waals surface area contributed by atoms with Crippen LogP contribution < -0.4 is 10.6 Å². The summed E-state index contributed by atoms with van der Waals surface area (Å²) in [5.74, 6) is -1.58. The second-order valence-corrected chi connectivity index (χ2v) is 7.25. The topological polar surface area (TPSA) is 143 Å². The van der Waals surface area contributed by atoms with E-state index in [1.54, 1.807) is 12.1 Å². The van der Waals surface area contributed by atoms with Gasteiger partial charge in [-0.25, -0.2) is 4.79 Å². The van der Waals surface area contributed by atoms with Crippen molar-refractivity contribution in [2.24, 2.45) is 11.1 Å². The smallest absolute Gasteiger partial charge is 0.404 e. The molecule has 0 saturated carbocycles. The van der Waals surface area contributed by atoms with Crippen molar-refractivity contribution in [2.75, 3.05) is 23.8 Å². The lowest BCUT2D eigenvalue weighted by Crippen LogP contribution is -2.74. The second kappa shape index (κ2) is 6.56. The number of hydrogen-bond acceptors (Lipinski definition) is 7. The van der Waals surface area contributed by atoms with E-state index >= 15 is 0 Å². The number of thioether (sulfide) groups is 1. The van der Waals surface area contributed by atoms with Crippen LogP contribution in [0.4, 0.5) is 10.7 Å². The highest BCUT2D eigenvalue weighted by atomic mass is 32.2. The van der Waals surface area contributed by atoms with Gasteiger partial charge >= 0.3 is 12.1 Å². The molecule has 0 aromatic carbocycles. The fourth-order valence-corrected chi connectivity index (χ4v) is 4.66. The minimum absolute atomic E-state index is 0.102. The average molecular weight is 383 g/mol. The summed E-state index contributed by atoms with van der Waals surface area (Å²) in [5, 5.41) is 9.16. The zero-order valence-corrected chi connectivity index (χ0v) is 14.6. The van der Waals surface area contributed by atoms with Crippen LogP contribution in [0.15, 0.2) is 22.8 Å². The molecule has 3 heterocycles. The molecule has 3 amide bonds. The first kappa shape index (κ1) is 18.1. The summed E-state index contributed by atoms with van der Waals surface area (Å²) in [6.07, 6.45) is 0.322. The van der Waals surface area contributed by atoms with E-state index in [4.69, 9.17) is 10.2 Å². The summed E-state index contributed by atoms with van der Waals surface area (Å²) in [5.41, 5.74) is 3.48. The van der Waals surface area contributed by atoms with Gasteiger partial charge in [0.1, 0.15) is 23.4 Å². The molecule has 2 unspecified atom stereocenters. The number of carboxylic acids is 1. The van der Waals surface area contributed by atoms with Crippen molar-refractivity contribution in [1.82, 2.24) is 4.90 Å². The lowest BCUT2D eigenvalue weighted by atomic mass is 9.88. The molecule has 3 N–H and O–H groups in total. The average Bonchev–Trinajstić information content (AvgIpc) is 3.10. The zero-order chi connectivity index (χ0) is 19.1. The predicted octanol–water partition coefficient (Wildman–Crippen LogP) is 0.0825. The first-order valence-electron chi connectivity index (χ1n) is 7.68. The molecule has 2 saturated heterocycles. The molecule has 0 radical (unpaired) electrons.